The highest BCUT2D eigenvalue weighted by atomic mass is 32.2. The van der Waals surface area contributed by atoms with E-state index in [0.717, 1.165) is 0 Å². The van der Waals surface area contributed by atoms with E-state index >= 15 is 0 Å². The SMILES string of the molecule is NS(=O)(=O)CCCNC(=O)CCn1cncn1. The Labute approximate surface area is 99.3 Å². The predicted octanol–water partition coefficient (Wildman–Crippen LogP) is -1.54. The highest BCUT2D eigenvalue weighted by Crippen LogP contribution is 1.88. The summed E-state index contributed by atoms with van der Waals surface area (Å²) in [5, 5.41) is 11.3. The molecule has 0 atom stereocenters. The Morgan fingerprint density at radius 1 is 1.47 bits per heavy atom. The van der Waals surface area contributed by atoms with Crippen molar-refractivity contribution >= 4 is 15.9 Å². The van der Waals surface area contributed by atoms with Gasteiger partial charge in [0.2, 0.25) is 15.9 Å². The quantitative estimate of drug-likeness (QED) is 0.576. The molecule has 0 fully saturated rings. The number of carbonyl (C=O) groups excluding carboxylic acids is 1. The van der Waals surface area contributed by atoms with Crippen molar-refractivity contribution < 1.29 is 13.2 Å². The maximum absolute atomic E-state index is 11.3. The summed E-state index contributed by atoms with van der Waals surface area (Å²) < 4.78 is 22.8. The first kappa shape index (κ1) is 13.6. The summed E-state index contributed by atoms with van der Waals surface area (Å²) in [6, 6.07) is 0. The number of nitrogens with one attached hydrogen (secondary N) is 1. The van der Waals surface area contributed by atoms with Crippen LogP contribution in [0, 0.1) is 0 Å². The highest BCUT2D eigenvalue weighted by molar-refractivity contribution is 7.89. The lowest BCUT2D eigenvalue weighted by atomic mass is 10.4. The van der Waals surface area contributed by atoms with Gasteiger partial charge in [-0.25, -0.2) is 18.5 Å². The highest BCUT2D eigenvalue weighted by Gasteiger charge is 2.04. The molecule has 9 heteroatoms. The van der Waals surface area contributed by atoms with E-state index in [1.165, 1.54) is 12.7 Å². The Bertz CT molecular complexity index is 442. The number of amides is 1. The summed E-state index contributed by atoms with van der Waals surface area (Å²) in [6.07, 6.45) is 3.50. The van der Waals surface area contributed by atoms with Gasteiger partial charge >= 0.3 is 0 Å². The molecule has 96 valence electrons. The molecule has 17 heavy (non-hydrogen) atoms. The molecule has 1 aromatic heterocycles. The average molecular weight is 261 g/mol. The van der Waals surface area contributed by atoms with Crippen LogP contribution >= 0.6 is 0 Å². The van der Waals surface area contributed by atoms with Crippen LogP contribution in [-0.4, -0.2) is 41.4 Å². The second-order valence-electron chi connectivity index (χ2n) is 3.48. The minimum absolute atomic E-state index is 0.129. The second kappa shape index (κ2) is 6.30. The average Bonchev–Trinajstić information content (AvgIpc) is 2.73. The Morgan fingerprint density at radius 2 is 2.24 bits per heavy atom. The lowest BCUT2D eigenvalue weighted by Gasteiger charge is -2.04. The fourth-order valence-electron chi connectivity index (χ4n) is 1.15. The first-order chi connectivity index (χ1) is 7.97. The molecule has 0 saturated heterocycles. The van der Waals surface area contributed by atoms with E-state index in [9.17, 15) is 13.2 Å². The third kappa shape index (κ3) is 6.64. The van der Waals surface area contributed by atoms with Gasteiger partial charge in [0.25, 0.3) is 0 Å². The molecule has 8 nitrogen and oxygen atoms in total. The van der Waals surface area contributed by atoms with Gasteiger partial charge in [-0.15, -0.1) is 0 Å². The van der Waals surface area contributed by atoms with Gasteiger partial charge in [-0.3, -0.25) is 9.48 Å². The van der Waals surface area contributed by atoms with Gasteiger partial charge in [0.1, 0.15) is 12.7 Å². The van der Waals surface area contributed by atoms with Crippen molar-refractivity contribution in [3.8, 4) is 0 Å². The summed E-state index contributed by atoms with van der Waals surface area (Å²) in [4.78, 5) is 15.1. The van der Waals surface area contributed by atoms with Crippen molar-refractivity contribution in [2.75, 3.05) is 12.3 Å². The van der Waals surface area contributed by atoms with Crippen molar-refractivity contribution in [1.82, 2.24) is 20.1 Å². The first-order valence-corrected chi connectivity index (χ1v) is 6.78. The molecule has 1 amide bonds. The van der Waals surface area contributed by atoms with Gasteiger partial charge in [0, 0.05) is 13.0 Å². The molecular formula is C8H15N5O3S. The summed E-state index contributed by atoms with van der Waals surface area (Å²) in [5.41, 5.74) is 0. The molecular weight excluding hydrogens is 246 g/mol. The monoisotopic (exact) mass is 261 g/mol. The molecule has 0 radical (unpaired) electrons. The fraction of sp³-hybridized carbons (Fsp3) is 0.625. The van der Waals surface area contributed by atoms with E-state index in [2.05, 4.69) is 15.4 Å². The summed E-state index contributed by atoms with van der Waals surface area (Å²) in [6.45, 7) is 0.744. The molecule has 0 unspecified atom stereocenters. The molecule has 1 rings (SSSR count). The van der Waals surface area contributed by atoms with Gasteiger partial charge in [-0.2, -0.15) is 5.10 Å². The lowest BCUT2D eigenvalue weighted by molar-refractivity contribution is -0.121. The smallest absolute Gasteiger partial charge is 0.221 e. The molecule has 1 heterocycles. The summed E-state index contributed by atoms with van der Waals surface area (Å²) in [5.74, 6) is -0.286. The van der Waals surface area contributed by atoms with E-state index in [1.54, 1.807) is 4.68 Å². The number of hydrogen-bond donors (Lipinski definition) is 2. The Hall–Kier alpha value is -1.48. The lowest BCUT2D eigenvalue weighted by Crippen LogP contribution is -2.28. The van der Waals surface area contributed by atoms with Crippen LogP contribution in [-0.2, 0) is 21.4 Å². The van der Waals surface area contributed by atoms with Gasteiger partial charge in [0.05, 0.1) is 12.3 Å². The molecule has 3 N–H and O–H groups in total. The van der Waals surface area contributed by atoms with Crippen molar-refractivity contribution in [3.63, 3.8) is 0 Å². The zero-order valence-corrected chi connectivity index (χ0v) is 10.1. The van der Waals surface area contributed by atoms with Crippen molar-refractivity contribution in [3.05, 3.63) is 12.7 Å². The zero-order chi connectivity index (χ0) is 12.7. The van der Waals surface area contributed by atoms with E-state index in [-0.39, 0.29) is 18.1 Å². The van der Waals surface area contributed by atoms with Crippen LogP contribution in [0.3, 0.4) is 0 Å². The molecule has 0 saturated carbocycles. The van der Waals surface area contributed by atoms with Gasteiger partial charge < -0.3 is 5.32 Å². The minimum atomic E-state index is -3.44. The normalized spacial score (nSPS) is 11.4. The molecule has 0 aliphatic heterocycles. The molecule has 0 aliphatic rings. The molecule has 1 aromatic rings. The standard InChI is InChI=1S/C8H15N5O3S/c9-17(15,16)5-1-3-11-8(14)2-4-13-7-10-6-12-13/h6-7H,1-5H2,(H,11,14)(H2,9,15,16). The number of carbonyl (C=O) groups is 1. The number of rotatable bonds is 7. The van der Waals surface area contributed by atoms with E-state index in [0.29, 0.717) is 19.5 Å². The molecule has 0 aromatic carbocycles. The number of hydrogen-bond acceptors (Lipinski definition) is 5. The number of sulfonamides is 1. The molecule has 0 bridgehead atoms. The molecule has 0 spiro atoms. The third-order valence-electron chi connectivity index (χ3n) is 1.96. The van der Waals surface area contributed by atoms with Crippen LogP contribution in [0.2, 0.25) is 0 Å². The number of aryl methyl sites for hydroxylation is 1. The van der Waals surface area contributed by atoms with Crippen molar-refractivity contribution in [1.29, 1.82) is 0 Å². The first-order valence-electron chi connectivity index (χ1n) is 5.07. The Kier molecular flexibility index (Phi) is 5.04. The van der Waals surface area contributed by atoms with Crippen LogP contribution in [0.5, 0.6) is 0 Å². The topological polar surface area (TPSA) is 120 Å². The number of aromatic nitrogens is 3. The third-order valence-corrected chi connectivity index (χ3v) is 2.82. The maximum atomic E-state index is 11.3. The van der Waals surface area contributed by atoms with Crippen LogP contribution in [0.1, 0.15) is 12.8 Å². The fourth-order valence-corrected chi connectivity index (χ4v) is 1.70. The second-order valence-corrected chi connectivity index (χ2v) is 5.21. The Morgan fingerprint density at radius 3 is 2.82 bits per heavy atom. The van der Waals surface area contributed by atoms with Gasteiger partial charge in [-0.1, -0.05) is 0 Å². The predicted molar refractivity (Wildman–Crippen MR) is 60.2 cm³/mol. The van der Waals surface area contributed by atoms with Crippen LogP contribution in [0.15, 0.2) is 12.7 Å². The number of nitrogens with two attached hydrogens (primary N) is 1. The Balaban J connectivity index is 2.09. The van der Waals surface area contributed by atoms with E-state index in [1.807, 2.05) is 0 Å². The number of primary sulfonamides is 1. The minimum Gasteiger partial charge on any atom is -0.356 e. The van der Waals surface area contributed by atoms with Crippen molar-refractivity contribution in [2.45, 2.75) is 19.4 Å². The van der Waals surface area contributed by atoms with Crippen molar-refractivity contribution in [2.24, 2.45) is 5.14 Å². The van der Waals surface area contributed by atoms with E-state index in [4.69, 9.17) is 5.14 Å². The van der Waals surface area contributed by atoms with Crippen LogP contribution < -0.4 is 10.5 Å². The van der Waals surface area contributed by atoms with Gasteiger partial charge in [0.15, 0.2) is 0 Å². The zero-order valence-electron chi connectivity index (χ0n) is 9.24. The maximum Gasteiger partial charge on any atom is 0.221 e. The van der Waals surface area contributed by atoms with Crippen LogP contribution in [0.4, 0.5) is 0 Å². The summed E-state index contributed by atoms with van der Waals surface area (Å²) in [7, 11) is -3.44. The largest absolute Gasteiger partial charge is 0.356 e. The summed E-state index contributed by atoms with van der Waals surface area (Å²) >= 11 is 0. The van der Waals surface area contributed by atoms with Crippen LogP contribution in [0.25, 0.3) is 0 Å². The number of nitrogens with zero attached hydrogens (tertiary/aromatic N) is 3. The van der Waals surface area contributed by atoms with E-state index < -0.39 is 10.0 Å². The van der Waals surface area contributed by atoms with Gasteiger partial charge in [-0.05, 0) is 6.42 Å². The molecule has 0 aliphatic carbocycles.